The number of hydrogen-bond acceptors (Lipinski definition) is 5. The highest BCUT2D eigenvalue weighted by Gasteiger charge is 2.33. The number of sulfonamides is 1. The summed E-state index contributed by atoms with van der Waals surface area (Å²) < 4.78 is 41.2. The lowest BCUT2D eigenvalue weighted by Crippen LogP contribution is -2.44. The molecule has 1 amide bonds. The van der Waals surface area contributed by atoms with Gasteiger partial charge in [-0.2, -0.15) is 9.57 Å². The zero-order valence-corrected chi connectivity index (χ0v) is 18.4. The van der Waals surface area contributed by atoms with Crippen LogP contribution in [0.3, 0.4) is 0 Å². The van der Waals surface area contributed by atoms with Crippen molar-refractivity contribution in [2.75, 3.05) is 18.8 Å². The lowest BCUT2D eigenvalue weighted by Gasteiger charge is -2.32. The molecule has 2 aromatic rings. The van der Waals surface area contributed by atoms with Crippen molar-refractivity contribution in [3.05, 3.63) is 59.4 Å². The average molecular weight is 460 g/mol. The van der Waals surface area contributed by atoms with Crippen molar-refractivity contribution in [2.45, 2.75) is 35.1 Å². The van der Waals surface area contributed by atoms with Crippen LogP contribution in [0.2, 0.25) is 0 Å². The highest BCUT2D eigenvalue weighted by atomic mass is 32.2. The van der Waals surface area contributed by atoms with Gasteiger partial charge >= 0.3 is 0 Å². The van der Waals surface area contributed by atoms with E-state index >= 15 is 0 Å². The van der Waals surface area contributed by atoms with Gasteiger partial charge < -0.3 is 5.32 Å². The highest BCUT2D eigenvalue weighted by molar-refractivity contribution is 7.99. The molecule has 31 heavy (non-hydrogen) atoms. The van der Waals surface area contributed by atoms with E-state index in [2.05, 4.69) is 5.32 Å². The number of carbonyl (C=O) groups excluding carboxylic acids is 1. The van der Waals surface area contributed by atoms with Crippen LogP contribution in [0.1, 0.15) is 36.4 Å². The number of halogens is 1. The molecule has 1 unspecified atom stereocenters. The summed E-state index contributed by atoms with van der Waals surface area (Å²) >= 11 is 1.47. The third-order valence-corrected chi connectivity index (χ3v) is 8.86. The number of amides is 1. The van der Waals surface area contributed by atoms with Crippen molar-refractivity contribution in [3.63, 3.8) is 0 Å². The maximum atomic E-state index is 14.1. The van der Waals surface area contributed by atoms with E-state index in [1.165, 1.54) is 46.4 Å². The van der Waals surface area contributed by atoms with Gasteiger partial charge in [-0.05, 0) is 55.2 Å². The Labute approximate surface area is 185 Å². The number of carbonyl (C=O) groups is 1. The zero-order valence-electron chi connectivity index (χ0n) is 16.8. The molecule has 1 fully saturated rings. The molecule has 6 nitrogen and oxygen atoms in total. The lowest BCUT2D eigenvalue weighted by atomic mass is 9.95. The van der Waals surface area contributed by atoms with Crippen LogP contribution < -0.4 is 5.32 Å². The Kier molecular flexibility index (Phi) is 6.32. The molecule has 0 aromatic heterocycles. The Hall–Kier alpha value is -2.41. The van der Waals surface area contributed by atoms with Crippen LogP contribution in [0.15, 0.2) is 52.3 Å². The van der Waals surface area contributed by atoms with Crippen molar-refractivity contribution < 1.29 is 17.6 Å². The molecule has 0 bridgehead atoms. The first-order chi connectivity index (χ1) is 14.9. The van der Waals surface area contributed by atoms with Crippen LogP contribution in [0.4, 0.5) is 4.39 Å². The Morgan fingerprint density at radius 1 is 1.13 bits per heavy atom. The van der Waals surface area contributed by atoms with E-state index in [1.54, 1.807) is 6.07 Å². The van der Waals surface area contributed by atoms with Crippen molar-refractivity contribution in [3.8, 4) is 6.07 Å². The summed E-state index contributed by atoms with van der Waals surface area (Å²) in [5.74, 6) is 0.0875. The third-order valence-electron chi connectivity index (χ3n) is 5.79. The van der Waals surface area contributed by atoms with Crippen molar-refractivity contribution >= 4 is 27.7 Å². The van der Waals surface area contributed by atoms with E-state index < -0.39 is 10.0 Å². The molecule has 162 valence electrons. The molecular weight excluding hydrogens is 437 g/mol. The second-order valence-corrected chi connectivity index (χ2v) is 10.7. The van der Waals surface area contributed by atoms with E-state index in [0.717, 1.165) is 17.7 Å². The van der Waals surface area contributed by atoms with E-state index in [9.17, 15) is 17.6 Å². The molecule has 4 rings (SSSR count). The number of piperidine rings is 1. The van der Waals surface area contributed by atoms with Gasteiger partial charge in [-0.1, -0.05) is 12.1 Å². The number of nitriles is 1. The first kappa shape index (κ1) is 21.8. The molecule has 2 aliphatic heterocycles. The number of nitrogens with one attached hydrogen (secondary N) is 1. The number of hydrogen-bond donors (Lipinski definition) is 1. The number of rotatable bonds is 4. The molecule has 0 saturated carbocycles. The second-order valence-electron chi connectivity index (χ2n) is 7.67. The SMILES string of the molecule is N#Cc1ccc(S(=O)(=O)N2CCC(C(=O)NC3CCSc4c(F)cccc43)CC2)cc1. The van der Waals surface area contributed by atoms with E-state index in [1.807, 2.05) is 12.1 Å². The molecule has 0 aliphatic carbocycles. The van der Waals surface area contributed by atoms with Gasteiger partial charge in [0.2, 0.25) is 15.9 Å². The Balaban J connectivity index is 1.38. The van der Waals surface area contributed by atoms with Gasteiger partial charge in [0.25, 0.3) is 0 Å². The van der Waals surface area contributed by atoms with Crippen LogP contribution in [0.5, 0.6) is 0 Å². The molecular formula is C22H22FN3O3S2. The van der Waals surface area contributed by atoms with Crippen molar-refractivity contribution in [2.24, 2.45) is 5.92 Å². The molecule has 0 spiro atoms. The normalized spacial score (nSPS) is 19.9. The predicted octanol–water partition coefficient (Wildman–Crippen LogP) is 3.45. The first-order valence-corrected chi connectivity index (χ1v) is 12.5. The van der Waals surface area contributed by atoms with Crippen LogP contribution in [0.25, 0.3) is 0 Å². The van der Waals surface area contributed by atoms with Gasteiger partial charge in [0, 0.05) is 29.7 Å². The third kappa shape index (κ3) is 4.47. The maximum absolute atomic E-state index is 14.1. The summed E-state index contributed by atoms with van der Waals surface area (Å²) in [4.78, 5) is 13.6. The molecule has 1 atom stereocenters. The molecule has 2 aromatic carbocycles. The highest BCUT2D eigenvalue weighted by Crippen LogP contribution is 2.38. The summed E-state index contributed by atoms with van der Waals surface area (Å²) in [7, 11) is -3.66. The van der Waals surface area contributed by atoms with E-state index in [-0.39, 0.29) is 41.7 Å². The smallest absolute Gasteiger partial charge is 0.243 e. The van der Waals surface area contributed by atoms with Crippen LogP contribution in [-0.4, -0.2) is 37.5 Å². The summed E-state index contributed by atoms with van der Waals surface area (Å²) in [6, 6.07) is 12.5. The van der Waals surface area contributed by atoms with Gasteiger partial charge in [-0.3, -0.25) is 4.79 Å². The lowest BCUT2D eigenvalue weighted by molar-refractivity contribution is -0.127. The Bertz CT molecular complexity index is 1120. The largest absolute Gasteiger partial charge is 0.349 e. The van der Waals surface area contributed by atoms with Crippen molar-refractivity contribution in [1.29, 1.82) is 5.26 Å². The number of thioether (sulfide) groups is 1. The van der Waals surface area contributed by atoms with Gasteiger partial charge in [0.05, 0.1) is 22.6 Å². The second kappa shape index (κ2) is 8.99. The number of nitrogens with zero attached hydrogens (tertiary/aromatic N) is 2. The molecule has 9 heteroatoms. The molecule has 2 aliphatic rings. The van der Waals surface area contributed by atoms with Crippen LogP contribution in [0, 0.1) is 23.1 Å². The van der Waals surface area contributed by atoms with Gasteiger partial charge in [-0.25, -0.2) is 12.8 Å². The molecule has 1 saturated heterocycles. The molecule has 2 heterocycles. The Morgan fingerprint density at radius 2 is 1.84 bits per heavy atom. The van der Waals surface area contributed by atoms with Crippen LogP contribution >= 0.6 is 11.8 Å². The fourth-order valence-corrected chi connectivity index (χ4v) is 6.65. The average Bonchev–Trinajstić information content (AvgIpc) is 2.80. The minimum atomic E-state index is -3.66. The quantitative estimate of drug-likeness (QED) is 0.756. The van der Waals surface area contributed by atoms with Gasteiger partial charge in [0.1, 0.15) is 5.82 Å². The maximum Gasteiger partial charge on any atom is 0.243 e. The number of benzene rings is 2. The monoisotopic (exact) mass is 459 g/mol. The molecule has 0 radical (unpaired) electrons. The summed E-state index contributed by atoms with van der Waals surface area (Å²) in [6.07, 6.45) is 1.59. The topological polar surface area (TPSA) is 90.3 Å². The minimum Gasteiger partial charge on any atom is -0.349 e. The standard InChI is InChI=1S/C22H22FN3O3S2/c23-19-3-1-2-18-20(10-13-30-21(18)19)25-22(27)16-8-11-26(12-9-16)31(28,29)17-6-4-15(14-24)5-7-17/h1-7,16,20H,8-13H2,(H,25,27). The molecule has 1 N–H and O–H groups in total. The fraction of sp³-hybridized carbons (Fsp3) is 0.364. The zero-order chi connectivity index (χ0) is 22.0. The van der Waals surface area contributed by atoms with E-state index in [0.29, 0.717) is 23.3 Å². The van der Waals surface area contributed by atoms with Crippen molar-refractivity contribution in [1.82, 2.24) is 9.62 Å². The van der Waals surface area contributed by atoms with E-state index in [4.69, 9.17) is 5.26 Å². The summed E-state index contributed by atoms with van der Waals surface area (Å²) in [5.41, 5.74) is 1.21. The summed E-state index contributed by atoms with van der Waals surface area (Å²) in [6.45, 7) is 0.512. The Morgan fingerprint density at radius 3 is 2.52 bits per heavy atom. The first-order valence-electron chi connectivity index (χ1n) is 10.1. The number of fused-ring (bicyclic) bond motifs is 1. The van der Waals surface area contributed by atoms with Gasteiger partial charge in [-0.15, -0.1) is 11.8 Å². The van der Waals surface area contributed by atoms with Crippen LogP contribution in [-0.2, 0) is 14.8 Å². The van der Waals surface area contributed by atoms with Gasteiger partial charge in [0.15, 0.2) is 0 Å². The summed E-state index contributed by atoms with van der Waals surface area (Å²) in [5, 5.41) is 11.9. The predicted molar refractivity (Wildman–Crippen MR) is 115 cm³/mol. The fourth-order valence-electron chi connectivity index (χ4n) is 4.03. The minimum absolute atomic E-state index is 0.109.